The number of aromatic nitrogens is 5. The van der Waals surface area contributed by atoms with E-state index in [-0.39, 0.29) is 0 Å². The third kappa shape index (κ3) is 2.54. The van der Waals surface area contributed by atoms with E-state index in [1.54, 1.807) is 6.20 Å². The van der Waals surface area contributed by atoms with Gasteiger partial charge in [-0.15, -0.1) is 0 Å². The third-order valence-corrected chi connectivity index (χ3v) is 4.39. The Bertz CT molecular complexity index is 577. The molecule has 0 radical (unpaired) electrons. The SMILES string of the molecule is CCNc1nc(-c2cn[nH]n2)nc(C2CCCC2)c1Br. The summed E-state index contributed by atoms with van der Waals surface area (Å²) < 4.78 is 0.985. The molecule has 2 heterocycles. The molecule has 7 heteroatoms. The maximum atomic E-state index is 4.72. The van der Waals surface area contributed by atoms with Gasteiger partial charge < -0.3 is 5.32 Å². The zero-order valence-electron chi connectivity index (χ0n) is 11.4. The summed E-state index contributed by atoms with van der Waals surface area (Å²) in [4.78, 5) is 9.26. The first-order valence-electron chi connectivity index (χ1n) is 6.97. The highest BCUT2D eigenvalue weighted by Gasteiger charge is 2.24. The van der Waals surface area contributed by atoms with E-state index in [9.17, 15) is 0 Å². The van der Waals surface area contributed by atoms with Gasteiger partial charge in [0.2, 0.25) is 0 Å². The van der Waals surface area contributed by atoms with Crippen LogP contribution < -0.4 is 5.32 Å². The van der Waals surface area contributed by atoms with Crippen LogP contribution in [-0.2, 0) is 0 Å². The highest BCUT2D eigenvalue weighted by atomic mass is 79.9. The van der Waals surface area contributed by atoms with E-state index in [2.05, 4.69) is 48.6 Å². The van der Waals surface area contributed by atoms with Crippen LogP contribution in [0.25, 0.3) is 11.5 Å². The number of aromatic amines is 1. The van der Waals surface area contributed by atoms with Crippen molar-refractivity contribution in [1.82, 2.24) is 25.4 Å². The number of rotatable bonds is 4. The van der Waals surface area contributed by atoms with Gasteiger partial charge in [0, 0.05) is 12.5 Å². The molecular formula is C13H17BrN6. The Kier molecular flexibility index (Phi) is 3.95. The first-order valence-corrected chi connectivity index (χ1v) is 7.76. The van der Waals surface area contributed by atoms with Crippen LogP contribution in [0.15, 0.2) is 10.7 Å². The number of nitrogens with zero attached hydrogens (tertiary/aromatic N) is 4. The third-order valence-electron chi connectivity index (χ3n) is 3.61. The number of nitrogens with one attached hydrogen (secondary N) is 2. The van der Waals surface area contributed by atoms with Crippen LogP contribution >= 0.6 is 15.9 Å². The van der Waals surface area contributed by atoms with Crippen LogP contribution in [-0.4, -0.2) is 31.9 Å². The summed E-state index contributed by atoms with van der Waals surface area (Å²) in [6.45, 7) is 2.87. The van der Waals surface area contributed by atoms with Crippen molar-refractivity contribution in [1.29, 1.82) is 0 Å². The Hall–Kier alpha value is -1.50. The summed E-state index contributed by atoms with van der Waals surface area (Å²) in [5.74, 6) is 1.97. The van der Waals surface area contributed by atoms with Gasteiger partial charge in [0.1, 0.15) is 11.5 Å². The lowest BCUT2D eigenvalue weighted by atomic mass is 10.0. The molecular weight excluding hydrogens is 320 g/mol. The standard InChI is InChI=1S/C13H17BrN6/c1-2-15-13-10(14)11(8-5-3-4-6-8)17-12(18-13)9-7-16-20-19-9/h7-8H,2-6H2,1H3,(H,15,17,18)(H,16,19,20). The second kappa shape index (κ2) is 5.87. The van der Waals surface area contributed by atoms with Crippen molar-refractivity contribution in [2.24, 2.45) is 0 Å². The fourth-order valence-corrected chi connectivity index (χ4v) is 3.28. The van der Waals surface area contributed by atoms with Crippen molar-refractivity contribution in [3.63, 3.8) is 0 Å². The lowest BCUT2D eigenvalue weighted by Gasteiger charge is -2.15. The molecule has 1 aliphatic carbocycles. The van der Waals surface area contributed by atoms with Crippen LogP contribution in [0.1, 0.15) is 44.2 Å². The molecule has 2 aromatic heterocycles. The fraction of sp³-hybridized carbons (Fsp3) is 0.538. The van der Waals surface area contributed by atoms with Crippen LogP contribution in [0, 0.1) is 0 Å². The van der Waals surface area contributed by atoms with Crippen molar-refractivity contribution in [2.75, 3.05) is 11.9 Å². The molecule has 0 spiro atoms. The average molecular weight is 337 g/mol. The summed E-state index contributed by atoms with van der Waals surface area (Å²) >= 11 is 3.66. The number of hydrogen-bond donors (Lipinski definition) is 2. The number of hydrogen-bond acceptors (Lipinski definition) is 5. The van der Waals surface area contributed by atoms with Gasteiger partial charge in [-0.05, 0) is 35.7 Å². The molecule has 1 aliphatic rings. The molecule has 6 nitrogen and oxygen atoms in total. The van der Waals surface area contributed by atoms with Gasteiger partial charge in [-0.2, -0.15) is 15.4 Å². The minimum absolute atomic E-state index is 0.510. The summed E-state index contributed by atoms with van der Waals surface area (Å²) in [7, 11) is 0. The van der Waals surface area contributed by atoms with Gasteiger partial charge in [-0.1, -0.05) is 12.8 Å². The predicted octanol–water partition coefficient (Wildman–Crippen LogP) is 3.11. The zero-order valence-corrected chi connectivity index (χ0v) is 12.9. The average Bonchev–Trinajstić information content (AvgIpc) is 3.14. The summed E-state index contributed by atoms with van der Waals surface area (Å²) in [6, 6.07) is 0. The van der Waals surface area contributed by atoms with Crippen LogP contribution in [0.3, 0.4) is 0 Å². The Balaban J connectivity index is 2.07. The topological polar surface area (TPSA) is 79.4 Å². The predicted molar refractivity (Wildman–Crippen MR) is 80.5 cm³/mol. The lowest BCUT2D eigenvalue weighted by molar-refractivity contribution is 0.691. The lowest BCUT2D eigenvalue weighted by Crippen LogP contribution is -2.08. The molecule has 2 aromatic rings. The Morgan fingerprint density at radius 2 is 2.15 bits per heavy atom. The van der Waals surface area contributed by atoms with E-state index in [4.69, 9.17) is 4.98 Å². The summed E-state index contributed by atoms with van der Waals surface area (Å²) in [5.41, 5.74) is 1.77. The van der Waals surface area contributed by atoms with Crippen molar-refractivity contribution < 1.29 is 0 Å². The Labute approximate surface area is 125 Å². The molecule has 1 fully saturated rings. The Morgan fingerprint density at radius 3 is 2.80 bits per heavy atom. The van der Waals surface area contributed by atoms with Gasteiger partial charge in [0.25, 0.3) is 0 Å². The smallest absolute Gasteiger partial charge is 0.184 e. The second-order valence-corrected chi connectivity index (χ2v) is 5.75. The molecule has 0 bridgehead atoms. The van der Waals surface area contributed by atoms with E-state index in [0.717, 1.165) is 22.5 Å². The molecule has 0 aromatic carbocycles. The maximum Gasteiger partial charge on any atom is 0.184 e. The van der Waals surface area contributed by atoms with E-state index in [1.807, 2.05) is 0 Å². The van der Waals surface area contributed by atoms with Crippen molar-refractivity contribution in [3.05, 3.63) is 16.4 Å². The first-order chi connectivity index (χ1) is 9.79. The summed E-state index contributed by atoms with van der Waals surface area (Å²) in [5, 5.41) is 13.8. The molecule has 0 atom stereocenters. The molecule has 2 N–H and O–H groups in total. The number of H-pyrrole nitrogens is 1. The van der Waals surface area contributed by atoms with Crippen molar-refractivity contribution >= 4 is 21.7 Å². The van der Waals surface area contributed by atoms with Gasteiger partial charge >= 0.3 is 0 Å². The molecule has 0 saturated heterocycles. The monoisotopic (exact) mass is 336 g/mol. The van der Waals surface area contributed by atoms with E-state index >= 15 is 0 Å². The van der Waals surface area contributed by atoms with Gasteiger partial charge in [0.15, 0.2) is 5.82 Å². The highest BCUT2D eigenvalue weighted by Crippen LogP contribution is 2.39. The van der Waals surface area contributed by atoms with Gasteiger partial charge in [-0.25, -0.2) is 9.97 Å². The van der Waals surface area contributed by atoms with E-state index < -0.39 is 0 Å². The maximum absolute atomic E-state index is 4.72. The zero-order chi connectivity index (χ0) is 13.9. The molecule has 0 amide bonds. The van der Waals surface area contributed by atoms with Crippen molar-refractivity contribution in [3.8, 4) is 11.5 Å². The quantitative estimate of drug-likeness (QED) is 0.896. The number of halogens is 1. The largest absolute Gasteiger partial charge is 0.369 e. The van der Waals surface area contributed by atoms with Gasteiger partial charge in [0.05, 0.1) is 16.4 Å². The minimum atomic E-state index is 0.510. The Morgan fingerprint density at radius 1 is 1.35 bits per heavy atom. The van der Waals surface area contributed by atoms with Crippen LogP contribution in [0.2, 0.25) is 0 Å². The molecule has 0 unspecified atom stereocenters. The molecule has 1 saturated carbocycles. The van der Waals surface area contributed by atoms with E-state index in [0.29, 0.717) is 17.4 Å². The molecule has 106 valence electrons. The number of anilines is 1. The molecule has 20 heavy (non-hydrogen) atoms. The van der Waals surface area contributed by atoms with Gasteiger partial charge in [-0.3, -0.25) is 0 Å². The molecule has 0 aliphatic heterocycles. The second-order valence-electron chi connectivity index (χ2n) is 4.96. The van der Waals surface area contributed by atoms with E-state index in [1.165, 1.54) is 25.7 Å². The first kappa shape index (κ1) is 13.5. The normalized spacial score (nSPS) is 15.7. The van der Waals surface area contributed by atoms with Crippen LogP contribution in [0.5, 0.6) is 0 Å². The fourth-order valence-electron chi connectivity index (χ4n) is 2.64. The van der Waals surface area contributed by atoms with Crippen LogP contribution in [0.4, 0.5) is 5.82 Å². The molecule has 3 rings (SSSR count). The highest BCUT2D eigenvalue weighted by molar-refractivity contribution is 9.10. The van der Waals surface area contributed by atoms with Crippen molar-refractivity contribution in [2.45, 2.75) is 38.5 Å². The minimum Gasteiger partial charge on any atom is -0.369 e. The summed E-state index contributed by atoms with van der Waals surface area (Å²) in [6.07, 6.45) is 6.59.